The molecule has 1 amide bonds. The molecular weight excluding hydrogens is 296 g/mol. The topological polar surface area (TPSA) is 90.0 Å². The molecule has 2 aromatic heterocycles. The van der Waals surface area contributed by atoms with Gasteiger partial charge in [0, 0.05) is 31.1 Å². The smallest absolute Gasteiger partial charge is 0.262 e. The van der Waals surface area contributed by atoms with Gasteiger partial charge in [0.15, 0.2) is 0 Å². The zero-order valence-corrected chi connectivity index (χ0v) is 13.9. The highest BCUT2D eigenvalue weighted by Crippen LogP contribution is 2.15. The molecule has 0 saturated carbocycles. The molecule has 2 rings (SSSR count). The van der Waals surface area contributed by atoms with E-state index in [1.165, 1.54) is 0 Å². The molecule has 7 nitrogen and oxygen atoms in total. The van der Waals surface area contributed by atoms with Crippen LogP contribution in [0.15, 0.2) is 21.5 Å². The minimum absolute atomic E-state index is 0.0477. The zero-order valence-electron chi connectivity index (χ0n) is 13.9. The van der Waals surface area contributed by atoms with Crippen LogP contribution in [0.1, 0.15) is 44.8 Å². The van der Waals surface area contributed by atoms with Crippen LogP contribution in [0.3, 0.4) is 0 Å². The molecular formula is C16H22N4O3. The van der Waals surface area contributed by atoms with E-state index in [0.717, 1.165) is 5.69 Å². The quantitative estimate of drug-likeness (QED) is 0.878. The van der Waals surface area contributed by atoms with Gasteiger partial charge < -0.3 is 14.4 Å². The van der Waals surface area contributed by atoms with Crippen LogP contribution < -0.4 is 10.9 Å². The lowest BCUT2D eigenvalue weighted by atomic mass is 10.2. The van der Waals surface area contributed by atoms with Gasteiger partial charge in [0.2, 0.25) is 17.6 Å². The van der Waals surface area contributed by atoms with Crippen LogP contribution in [0.2, 0.25) is 0 Å². The average molecular weight is 318 g/mol. The molecule has 0 aliphatic rings. The SMILES string of the molecule is CCNC(=O)CCc1nc(-c2ccc(C)n(C(C)C)c2=O)no1. The summed E-state index contributed by atoms with van der Waals surface area (Å²) in [7, 11) is 0. The van der Waals surface area contributed by atoms with Crippen LogP contribution in [-0.4, -0.2) is 27.2 Å². The second-order valence-corrected chi connectivity index (χ2v) is 5.62. The van der Waals surface area contributed by atoms with Crippen molar-refractivity contribution in [3.05, 3.63) is 34.1 Å². The number of rotatable bonds is 6. The first kappa shape index (κ1) is 16.9. The molecule has 1 N–H and O–H groups in total. The number of nitrogens with one attached hydrogen (secondary N) is 1. The van der Waals surface area contributed by atoms with E-state index in [-0.39, 0.29) is 29.8 Å². The molecule has 0 aliphatic heterocycles. The van der Waals surface area contributed by atoms with Crippen LogP contribution in [0.5, 0.6) is 0 Å². The first-order valence-corrected chi connectivity index (χ1v) is 7.75. The fourth-order valence-corrected chi connectivity index (χ4v) is 2.43. The Kier molecular flexibility index (Phi) is 5.31. The third-order valence-corrected chi connectivity index (χ3v) is 3.49. The van der Waals surface area contributed by atoms with E-state index in [1.54, 1.807) is 10.6 Å². The number of hydrogen-bond donors (Lipinski definition) is 1. The van der Waals surface area contributed by atoms with Crippen molar-refractivity contribution in [2.75, 3.05) is 6.54 Å². The van der Waals surface area contributed by atoms with Gasteiger partial charge in [0.05, 0.1) is 5.56 Å². The highest BCUT2D eigenvalue weighted by molar-refractivity contribution is 5.75. The van der Waals surface area contributed by atoms with Gasteiger partial charge in [0.1, 0.15) is 0 Å². The van der Waals surface area contributed by atoms with Crippen LogP contribution in [0.25, 0.3) is 11.4 Å². The highest BCUT2D eigenvalue weighted by Gasteiger charge is 2.16. The van der Waals surface area contributed by atoms with Crippen LogP contribution in [0.4, 0.5) is 0 Å². The number of amides is 1. The first-order chi connectivity index (χ1) is 10.9. The van der Waals surface area contributed by atoms with Crippen molar-refractivity contribution in [1.82, 2.24) is 20.0 Å². The van der Waals surface area contributed by atoms with Crippen molar-refractivity contribution in [1.29, 1.82) is 0 Å². The largest absolute Gasteiger partial charge is 0.356 e. The first-order valence-electron chi connectivity index (χ1n) is 7.75. The molecule has 0 aromatic carbocycles. The molecule has 2 heterocycles. The Labute approximate surface area is 134 Å². The second kappa shape index (κ2) is 7.21. The number of aromatic nitrogens is 3. The molecule has 0 atom stereocenters. The van der Waals surface area contributed by atoms with Gasteiger partial charge in [-0.05, 0) is 39.8 Å². The molecule has 2 aromatic rings. The third-order valence-electron chi connectivity index (χ3n) is 3.49. The van der Waals surface area contributed by atoms with Gasteiger partial charge >= 0.3 is 0 Å². The fourth-order valence-electron chi connectivity index (χ4n) is 2.43. The van der Waals surface area contributed by atoms with E-state index in [2.05, 4.69) is 15.5 Å². The van der Waals surface area contributed by atoms with E-state index >= 15 is 0 Å². The van der Waals surface area contributed by atoms with E-state index < -0.39 is 0 Å². The minimum atomic E-state index is -0.143. The number of carbonyl (C=O) groups is 1. The summed E-state index contributed by atoms with van der Waals surface area (Å²) in [5, 5.41) is 6.58. The van der Waals surface area contributed by atoms with Crippen molar-refractivity contribution in [2.24, 2.45) is 0 Å². The summed E-state index contributed by atoms with van der Waals surface area (Å²) >= 11 is 0. The maximum Gasteiger partial charge on any atom is 0.262 e. The number of hydrogen-bond acceptors (Lipinski definition) is 5. The Morgan fingerprint density at radius 2 is 2.13 bits per heavy atom. The Bertz CT molecular complexity index is 746. The molecule has 0 radical (unpaired) electrons. The van der Waals surface area contributed by atoms with Gasteiger partial charge in [-0.3, -0.25) is 9.59 Å². The summed E-state index contributed by atoms with van der Waals surface area (Å²) < 4.78 is 6.84. The Morgan fingerprint density at radius 3 is 2.78 bits per heavy atom. The molecule has 0 fully saturated rings. The third kappa shape index (κ3) is 3.85. The van der Waals surface area contributed by atoms with Gasteiger partial charge in [-0.15, -0.1) is 0 Å². The molecule has 124 valence electrons. The number of pyridine rings is 1. The lowest BCUT2D eigenvalue weighted by Crippen LogP contribution is -2.25. The molecule has 23 heavy (non-hydrogen) atoms. The summed E-state index contributed by atoms with van der Waals surface area (Å²) in [6.07, 6.45) is 0.628. The molecule has 0 spiro atoms. The van der Waals surface area contributed by atoms with Crippen molar-refractivity contribution < 1.29 is 9.32 Å². The lowest BCUT2D eigenvalue weighted by molar-refractivity contribution is -0.121. The van der Waals surface area contributed by atoms with Crippen molar-refractivity contribution in [3.8, 4) is 11.4 Å². The average Bonchev–Trinajstić information content (AvgIpc) is 2.94. The van der Waals surface area contributed by atoms with E-state index in [0.29, 0.717) is 24.4 Å². The van der Waals surface area contributed by atoms with Gasteiger partial charge in [-0.25, -0.2) is 0 Å². The summed E-state index contributed by atoms with van der Waals surface area (Å²) in [6, 6.07) is 3.61. The maximum atomic E-state index is 12.6. The fraction of sp³-hybridized carbons (Fsp3) is 0.500. The normalized spacial score (nSPS) is 11.0. The van der Waals surface area contributed by atoms with Gasteiger partial charge in [0.25, 0.3) is 5.56 Å². The minimum Gasteiger partial charge on any atom is -0.356 e. The lowest BCUT2D eigenvalue weighted by Gasteiger charge is -2.14. The Hall–Kier alpha value is -2.44. The highest BCUT2D eigenvalue weighted by atomic mass is 16.5. The predicted molar refractivity (Wildman–Crippen MR) is 86.1 cm³/mol. The molecule has 0 aliphatic carbocycles. The van der Waals surface area contributed by atoms with E-state index in [4.69, 9.17) is 4.52 Å². The zero-order chi connectivity index (χ0) is 17.0. The summed E-state index contributed by atoms with van der Waals surface area (Å²) in [5.74, 6) is 0.544. The number of nitrogens with zero attached hydrogens (tertiary/aromatic N) is 3. The van der Waals surface area contributed by atoms with Crippen molar-refractivity contribution in [2.45, 2.75) is 46.6 Å². The predicted octanol–water partition coefficient (Wildman–Crippen LogP) is 1.86. The number of carbonyl (C=O) groups excluding carboxylic acids is 1. The Morgan fingerprint density at radius 1 is 1.39 bits per heavy atom. The Balaban J connectivity index is 2.23. The van der Waals surface area contributed by atoms with Crippen molar-refractivity contribution in [3.63, 3.8) is 0 Å². The summed E-state index contributed by atoms with van der Waals surface area (Å²) in [6.45, 7) is 8.24. The van der Waals surface area contributed by atoms with Gasteiger partial charge in [-0.2, -0.15) is 4.98 Å². The van der Waals surface area contributed by atoms with E-state index in [1.807, 2.05) is 33.8 Å². The monoisotopic (exact) mass is 318 g/mol. The second-order valence-electron chi connectivity index (χ2n) is 5.62. The van der Waals surface area contributed by atoms with Crippen LogP contribution >= 0.6 is 0 Å². The molecule has 0 bridgehead atoms. The summed E-state index contributed by atoms with van der Waals surface area (Å²) in [5.41, 5.74) is 1.14. The molecule has 0 saturated heterocycles. The van der Waals surface area contributed by atoms with Gasteiger partial charge in [-0.1, -0.05) is 5.16 Å². The van der Waals surface area contributed by atoms with Crippen molar-refractivity contribution >= 4 is 5.91 Å². The van der Waals surface area contributed by atoms with Crippen LogP contribution in [0, 0.1) is 6.92 Å². The molecule has 7 heteroatoms. The standard InChI is InChI=1S/C16H22N4O3/c1-5-17-13(21)8-9-14-18-15(19-23-14)12-7-6-11(4)20(10(2)3)16(12)22/h6-7,10H,5,8-9H2,1-4H3,(H,17,21). The van der Waals surface area contributed by atoms with Crippen LogP contribution in [-0.2, 0) is 11.2 Å². The molecule has 0 unspecified atom stereocenters. The van der Waals surface area contributed by atoms with E-state index in [9.17, 15) is 9.59 Å². The maximum absolute atomic E-state index is 12.6. The summed E-state index contributed by atoms with van der Waals surface area (Å²) in [4.78, 5) is 28.3. The number of aryl methyl sites for hydroxylation is 2.